The third kappa shape index (κ3) is 5.03. The molecule has 2 spiro atoms. The van der Waals surface area contributed by atoms with Crippen LogP contribution in [0.4, 0.5) is 0 Å². The third-order valence-electron chi connectivity index (χ3n) is 20.5. The van der Waals surface area contributed by atoms with Crippen molar-refractivity contribution >= 4 is 29.6 Å². The van der Waals surface area contributed by atoms with Crippen LogP contribution < -0.4 is 11.5 Å². The second-order valence-electron chi connectivity index (χ2n) is 22.7. The molecule has 0 aromatic heterocycles. The number of guanidine groups is 1. The predicted octanol–water partition coefficient (Wildman–Crippen LogP) is 7.07. The lowest BCUT2D eigenvalue weighted by molar-refractivity contribution is -0.185. The molecule has 4 saturated carbocycles. The van der Waals surface area contributed by atoms with Crippen LogP contribution in [-0.2, 0) is 20.8 Å². The number of nitrogens with two attached hydrogens (primary N) is 2. The van der Waals surface area contributed by atoms with Crippen LogP contribution in [0.5, 0.6) is 0 Å². The standard InChI is InChI=1S/C55H65N3O7/c1-31(46(62)63)37-18-23-51(58-47(56)57)25-24-50(32(2)40(51)43(37)61)30-52(64)26-27-53(65)41(35-17-16-33-12-6-7-13-34(33)28-35)44-48(3)20-10-5-11-21-54(52)45(53)42(49(44,4)22-19-39(48)60)38(59)29-55(50,54)36-14-8-9-15-36/h6-7,12-13,24-28,32,36,40-41,43-44,61,64-65H,8-9,11,14-23,29-30H2,1-4H3,(H,62,63)(H4,56,57,58)/b37-31+/t32-,40-,41+,43-,44-,48-,49-,50-,51+,52+,53-,54-,55+/m1/s1. The van der Waals surface area contributed by atoms with Gasteiger partial charge in [0.1, 0.15) is 11.4 Å². The highest BCUT2D eigenvalue weighted by atomic mass is 16.4. The third-order valence-corrected chi connectivity index (χ3v) is 20.5. The van der Waals surface area contributed by atoms with Crippen LogP contribution in [-0.4, -0.2) is 66.8 Å². The summed E-state index contributed by atoms with van der Waals surface area (Å²) in [5.74, 6) is 3.67. The Morgan fingerprint density at radius 1 is 0.908 bits per heavy atom. The summed E-state index contributed by atoms with van der Waals surface area (Å²) in [7, 11) is 0. The van der Waals surface area contributed by atoms with Gasteiger partial charge in [0.2, 0.25) is 0 Å². The highest BCUT2D eigenvalue weighted by Crippen LogP contribution is 2.86. The molecule has 10 aliphatic carbocycles. The topological polar surface area (TPSA) is 197 Å². The number of benzene rings is 1. The Morgan fingerprint density at radius 2 is 1.66 bits per heavy atom. The number of aryl methyl sites for hydroxylation is 1. The first-order valence-electron chi connectivity index (χ1n) is 24.4. The predicted molar refractivity (Wildman–Crippen MR) is 247 cm³/mol. The van der Waals surface area contributed by atoms with E-state index in [0.29, 0.717) is 61.7 Å². The van der Waals surface area contributed by atoms with E-state index in [1.165, 1.54) is 5.56 Å². The first-order chi connectivity index (χ1) is 30.8. The van der Waals surface area contributed by atoms with E-state index >= 15 is 4.79 Å². The highest BCUT2D eigenvalue weighted by molar-refractivity contribution is 6.02. The van der Waals surface area contributed by atoms with Crippen LogP contribution in [0.15, 0.2) is 81.4 Å². The molecule has 8 N–H and O–H groups in total. The van der Waals surface area contributed by atoms with Crippen LogP contribution in [0, 0.1) is 68.5 Å². The molecule has 0 unspecified atom stereocenters. The monoisotopic (exact) mass is 879 g/mol. The largest absolute Gasteiger partial charge is 0.478 e. The Labute approximate surface area is 382 Å². The highest BCUT2D eigenvalue weighted by Gasteiger charge is 2.86. The lowest BCUT2D eigenvalue weighted by Crippen LogP contribution is -2.73. The van der Waals surface area contributed by atoms with E-state index in [0.717, 1.165) is 43.2 Å². The maximum Gasteiger partial charge on any atom is 0.331 e. The second-order valence-corrected chi connectivity index (χ2v) is 22.7. The molecular formula is C55H65N3O7. The van der Waals surface area contributed by atoms with Gasteiger partial charge in [-0.3, -0.25) is 9.59 Å². The minimum atomic E-state index is -1.74. The number of fused-ring (bicyclic) bond motifs is 4. The average Bonchev–Trinajstić information content (AvgIpc) is 3.86. The minimum absolute atomic E-state index is 0.0150. The SMILES string of the molecule is C/C(C(=O)O)=C1/CC[C@]2(N=C(N)N)C=C[C@@]3(C[C@@]4(O)C=C[C@]5(O)C6=C7C(=O)C[C@@]3(C3CCCC3)[C@]64CCC#CC[C@]3(C)C(=O)CC[C@@]7(C)[C@@H]3[C@@H]5C3=Cc4ccccc4CC3)[C@H](C)[C@@H]2[C@@H]1O. The lowest BCUT2D eigenvalue weighted by Gasteiger charge is -2.72. The molecule has 13 atom stereocenters. The normalized spacial score (nSPS) is 46.4. The maximum atomic E-state index is 16.4. The van der Waals surface area contributed by atoms with Crippen molar-refractivity contribution in [3.63, 3.8) is 0 Å². The number of aliphatic hydroxyl groups is 3. The molecule has 1 aromatic rings. The Kier molecular flexibility index (Phi) is 9.11. The zero-order chi connectivity index (χ0) is 45.9. The van der Waals surface area contributed by atoms with E-state index in [1.54, 1.807) is 6.92 Å². The summed E-state index contributed by atoms with van der Waals surface area (Å²) in [4.78, 5) is 48.6. The van der Waals surface area contributed by atoms with Gasteiger partial charge in [-0.05, 0) is 111 Å². The van der Waals surface area contributed by atoms with Gasteiger partial charge in [0, 0.05) is 75.7 Å². The average molecular weight is 880 g/mol. The second kappa shape index (κ2) is 13.8. The van der Waals surface area contributed by atoms with Crippen LogP contribution in [0.3, 0.4) is 0 Å². The van der Waals surface area contributed by atoms with Crippen LogP contribution in [0.2, 0.25) is 0 Å². The number of allylic oxidation sites excluding steroid dienone is 2. The fourth-order valence-electron chi connectivity index (χ4n) is 18.3. The number of ketones is 2. The summed E-state index contributed by atoms with van der Waals surface area (Å²) in [5.41, 5.74) is 8.38. The van der Waals surface area contributed by atoms with Gasteiger partial charge < -0.3 is 31.9 Å². The molecule has 11 rings (SSSR count). The number of carbonyl (C=O) groups is 3. The molecule has 1 aromatic carbocycles. The molecule has 0 heterocycles. The van der Waals surface area contributed by atoms with Crippen molar-refractivity contribution in [2.75, 3.05) is 0 Å². The molecule has 65 heavy (non-hydrogen) atoms. The number of carboxylic acids is 1. The number of hydrogen-bond donors (Lipinski definition) is 6. The summed E-state index contributed by atoms with van der Waals surface area (Å²) >= 11 is 0. The van der Waals surface area contributed by atoms with Gasteiger partial charge >= 0.3 is 5.97 Å². The summed E-state index contributed by atoms with van der Waals surface area (Å²) in [5, 5.41) is 52.0. The molecule has 0 amide bonds. The minimum Gasteiger partial charge on any atom is -0.478 e. The first-order valence-corrected chi connectivity index (χ1v) is 24.4. The lowest BCUT2D eigenvalue weighted by atomic mass is 9.31. The van der Waals surface area contributed by atoms with E-state index in [4.69, 9.17) is 16.5 Å². The van der Waals surface area contributed by atoms with E-state index in [1.807, 2.05) is 31.2 Å². The molecular weight excluding hydrogens is 815 g/mol. The zero-order valence-corrected chi connectivity index (χ0v) is 38.4. The van der Waals surface area contributed by atoms with Crippen molar-refractivity contribution < 1.29 is 34.8 Å². The number of Topliss-reactive ketones (excluding diaryl/α,β-unsaturated/α-hetero) is 2. The molecule has 0 saturated heterocycles. The van der Waals surface area contributed by atoms with E-state index < -0.39 is 79.6 Å². The number of carboxylic acid groups (broad SMARTS) is 1. The van der Waals surface area contributed by atoms with Crippen LogP contribution in [0.1, 0.15) is 129 Å². The van der Waals surface area contributed by atoms with Gasteiger partial charge in [-0.25, -0.2) is 9.79 Å². The maximum absolute atomic E-state index is 16.4. The Morgan fingerprint density at radius 3 is 2.40 bits per heavy atom. The van der Waals surface area contributed by atoms with Crippen LogP contribution in [0.25, 0.3) is 6.08 Å². The molecule has 4 fully saturated rings. The number of hydrogen-bond acceptors (Lipinski definition) is 7. The molecule has 0 radical (unpaired) electrons. The number of nitrogens with zero attached hydrogens (tertiary/aromatic N) is 1. The molecule has 4 bridgehead atoms. The Hall–Kier alpha value is -4.56. The van der Waals surface area contributed by atoms with Gasteiger partial charge in [0.15, 0.2) is 11.7 Å². The van der Waals surface area contributed by atoms with Crippen LogP contribution >= 0.6 is 0 Å². The van der Waals surface area contributed by atoms with Gasteiger partial charge in [0.05, 0.1) is 17.2 Å². The molecule has 10 heteroatoms. The van der Waals surface area contributed by atoms with Gasteiger partial charge in [0.25, 0.3) is 0 Å². The Balaban J connectivity index is 1.25. The van der Waals surface area contributed by atoms with Gasteiger partial charge in [-0.15, -0.1) is 11.8 Å². The number of aliphatic carboxylic acids is 1. The van der Waals surface area contributed by atoms with E-state index in [2.05, 4.69) is 56.0 Å². The van der Waals surface area contributed by atoms with Crippen molar-refractivity contribution in [1.82, 2.24) is 0 Å². The first kappa shape index (κ1) is 43.0. The zero-order valence-electron chi connectivity index (χ0n) is 38.4. The molecule has 0 aliphatic heterocycles. The summed E-state index contributed by atoms with van der Waals surface area (Å²) in [6, 6.07) is 8.38. The van der Waals surface area contributed by atoms with Crippen molar-refractivity contribution in [2.24, 2.45) is 73.1 Å². The van der Waals surface area contributed by atoms with Gasteiger partial charge in [-0.2, -0.15) is 0 Å². The fraction of sp³-hybridized carbons (Fsp3) is 0.600. The smallest absolute Gasteiger partial charge is 0.331 e. The number of aliphatic hydroxyl groups excluding tert-OH is 1. The molecule has 10 nitrogen and oxygen atoms in total. The fourth-order valence-corrected chi connectivity index (χ4v) is 18.3. The quantitative estimate of drug-likeness (QED) is 0.0603. The molecule has 10 aliphatic rings. The summed E-state index contributed by atoms with van der Waals surface area (Å²) in [6.45, 7) is 7.89. The number of aliphatic imine (C=N–C) groups is 1. The van der Waals surface area contributed by atoms with E-state index in [9.17, 15) is 30.0 Å². The van der Waals surface area contributed by atoms with Gasteiger partial charge in [-0.1, -0.05) is 87.8 Å². The van der Waals surface area contributed by atoms with Crippen molar-refractivity contribution in [1.29, 1.82) is 0 Å². The summed E-state index contributed by atoms with van der Waals surface area (Å²) in [6.07, 6.45) is 16.9. The van der Waals surface area contributed by atoms with Crippen molar-refractivity contribution in [3.05, 3.63) is 87.6 Å². The molecule has 342 valence electrons. The number of rotatable bonds is 4. The Bertz CT molecular complexity index is 2620. The van der Waals surface area contributed by atoms with E-state index in [-0.39, 0.29) is 48.3 Å². The number of carbonyl (C=O) groups excluding carboxylic acids is 2. The van der Waals surface area contributed by atoms with Crippen molar-refractivity contribution in [3.8, 4) is 11.8 Å². The summed E-state index contributed by atoms with van der Waals surface area (Å²) < 4.78 is 0. The van der Waals surface area contributed by atoms with Crippen molar-refractivity contribution in [2.45, 2.75) is 147 Å².